The molecule has 29 heavy (non-hydrogen) atoms. The molecule has 0 heterocycles. The minimum absolute atomic E-state index is 0.109. The summed E-state index contributed by atoms with van der Waals surface area (Å²) in [6.07, 6.45) is 2.26. The van der Waals surface area contributed by atoms with Gasteiger partial charge in [0.05, 0.1) is 13.7 Å². The molecule has 0 atom stereocenters. The third-order valence-electron chi connectivity index (χ3n) is 3.66. The first kappa shape index (κ1) is 22.2. The molecular weight excluding hydrogens is 398 g/mol. The quantitative estimate of drug-likeness (QED) is 0.338. The molecule has 152 valence electrons. The van der Waals surface area contributed by atoms with Gasteiger partial charge < -0.3 is 14.8 Å². The molecule has 5 nitrogen and oxygen atoms in total. The second-order valence-electron chi connectivity index (χ2n) is 5.79. The minimum Gasteiger partial charge on any atom is -0.493 e. The maximum atomic E-state index is 12.4. The maximum Gasteiger partial charge on any atom is 0.288 e. The lowest BCUT2D eigenvalue weighted by atomic mass is 10.1. The highest BCUT2D eigenvalue weighted by Crippen LogP contribution is 2.29. The number of ether oxygens (including phenoxy) is 2. The van der Waals surface area contributed by atoms with Gasteiger partial charge in [0.25, 0.3) is 11.7 Å². The Morgan fingerprint density at radius 3 is 2.55 bits per heavy atom. The van der Waals surface area contributed by atoms with Crippen LogP contribution < -0.4 is 14.8 Å². The number of alkyl halides is 2. The molecule has 2 aromatic rings. The van der Waals surface area contributed by atoms with Crippen molar-refractivity contribution in [1.29, 1.82) is 5.26 Å². The Labute approximate surface area is 172 Å². The van der Waals surface area contributed by atoms with E-state index in [1.807, 2.05) is 13.0 Å². The van der Waals surface area contributed by atoms with Crippen LogP contribution in [0.5, 0.6) is 11.5 Å². The molecule has 8 heteroatoms. The van der Waals surface area contributed by atoms with Crippen LogP contribution in [0.3, 0.4) is 0 Å². The van der Waals surface area contributed by atoms with Gasteiger partial charge in [-0.25, -0.2) is 0 Å². The van der Waals surface area contributed by atoms with Crippen molar-refractivity contribution >= 4 is 29.4 Å². The van der Waals surface area contributed by atoms with Gasteiger partial charge in [-0.05, 0) is 54.5 Å². The van der Waals surface area contributed by atoms with E-state index >= 15 is 0 Å². The number of thioether (sulfide) groups is 1. The van der Waals surface area contributed by atoms with Crippen molar-refractivity contribution in [2.45, 2.75) is 24.0 Å². The van der Waals surface area contributed by atoms with Crippen molar-refractivity contribution in [2.24, 2.45) is 0 Å². The molecule has 1 N–H and O–H groups in total. The number of amides is 1. The van der Waals surface area contributed by atoms with E-state index < -0.39 is 11.7 Å². The van der Waals surface area contributed by atoms with E-state index in [2.05, 4.69) is 5.32 Å². The Morgan fingerprint density at radius 1 is 1.24 bits per heavy atom. The van der Waals surface area contributed by atoms with Crippen LogP contribution in [0, 0.1) is 11.3 Å². The largest absolute Gasteiger partial charge is 0.493 e. The zero-order chi connectivity index (χ0) is 21.2. The molecule has 0 bridgehead atoms. The van der Waals surface area contributed by atoms with Crippen LogP contribution in [-0.2, 0) is 4.79 Å². The van der Waals surface area contributed by atoms with Crippen molar-refractivity contribution in [1.82, 2.24) is 0 Å². The molecule has 0 saturated carbocycles. The van der Waals surface area contributed by atoms with Crippen LogP contribution in [0.2, 0.25) is 0 Å². The fourth-order valence-electron chi connectivity index (χ4n) is 2.34. The molecule has 0 fully saturated rings. The van der Waals surface area contributed by atoms with Crippen LogP contribution >= 0.6 is 11.8 Å². The third-order valence-corrected chi connectivity index (χ3v) is 4.39. The van der Waals surface area contributed by atoms with Gasteiger partial charge in [-0.15, -0.1) is 0 Å². The van der Waals surface area contributed by atoms with Crippen molar-refractivity contribution < 1.29 is 23.0 Å². The summed E-state index contributed by atoms with van der Waals surface area (Å²) in [5.41, 5.74) is 0.895. The Hall–Kier alpha value is -3.05. The van der Waals surface area contributed by atoms with Gasteiger partial charge in [-0.2, -0.15) is 14.0 Å². The molecule has 0 aromatic heterocycles. The predicted molar refractivity (Wildman–Crippen MR) is 109 cm³/mol. The molecule has 0 spiro atoms. The summed E-state index contributed by atoms with van der Waals surface area (Å²) in [5.74, 6) is -2.04. The lowest BCUT2D eigenvalue weighted by Gasteiger charge is -2.11. The summed E-state index contributed by atoms with van der Waals surface area (Å²) >= 11 is 0.417. The smallest absolute Gasteiger partial charge is 0.288 e. The molecule has 2 aromatic carbocycles. The Bertz CT molecular complexity index is 909. The molecule has 0 aliphatic rings. The fourth-order valence-corrected chi connectivity index (χ4v) is 2.84. The van der Waals surface area contributed by atoms with E-state index in [-0.39, 0.29) is 5.57 Å². The van der Waals surface area contributed by atoms with Crippen LogP contribution in [0.15, 0.2) is 52.9 Å². The van der Waals surface area contributed by atoms with Crippen LogP contribution in [0.25, 0.3) is 6.08 Å². The van der Waals surface area contributed by atoms with Crippen LogP contribution in [-0.4, -0.2) is 25.4 Å². The topological polar surface area (TPSA) is 71.3 Å². The molecule has 0 unspecified atom stereocenters. The Kier molecular flexibility index (Phi) is 8.49. The number of hydrogen-bond donors (Lipinski definition) is 1. The van der Waals surface area contributed by atoms with Gasteiger partial charge >= 0.3 is 0 Å². The number of anilines is 1. The standard InChI is InChI=1S/C21H20F2N2O3S/c1-3-10-28-19-12-14(4-9-18(19)27-2)11-15(13-24)20(26)25-16-5-7-17(8-6-16)29-21(22)23/h4-9,11-12,21H,3,10H2,1-2H3,(H,25,26)/b15-11+. The highest BCUT2D eigenvalue weighted by Gasteiger charge is 2.12. The number of nitriles is 1. The summed E-state index contributed by atoms with van der Waals surface area (Å²) in [4.78, 5) is 12.8. The highest BCUT2D eigenvalue weighted by molar-refractivity contribution is 7.99. The number of benzene rings is 2. The molecular formula is C21H20F2N2O3S. The number of halogens is 2. The van der Waals surface area contributed by atoms with Gasteiger partial charge in [0.2, 0.25) is 0 Å². The number of carbonyl (C=O) groups excluding carboxylic acids is 1. The van der Waals surface area contributed by atoms with Crippen molar-refractivity contribution in [3.63, 3.8) is 0 Å². The summed E-state index contributed by atoms with van der Waals surface area (Å²) in [6, 6.07) is 12.9. The number of carbonyl (C=O) groups is 1. The van der Waals surface area contributed by atoms with Crippen molar-refractivity contribution in [2.75, 3.05) is 19.0 Å². The molecule has 0 aliphatic carbocycles. The zero-order valence-electron chi connectivity index (χ0n) is 15.9. The van der Waals surface area contributed by atoms with Gasteiger partial charge in [0, 0.05) is 10.6 Å². The normalized spacial score (nSPS) is 11.1. The van der Waals surface area contributed by atoms with Crippen LogP contribution in [0.4, 0.5) is 14.5 Å². The maximum absolute atomic E-state index is 12.4. The molecule has 0 radical (unpaired) electrons. The molecule has 2 rings (SSSR count). The number of nitrogens with one attached hydrogen (secondary N) is 1. The Balaban J connectivity index is 2.16. The second-order valence-corrected chi connectivity index (χ2v) is 6.85. The summed E-state index contributed by atoms with van der Waals surface area (Å²) < 4.78 is 35.6. The van der Waals surface area contributed by atoms with Gasteiger partial charge in [0.15, 0.2) is 11.5 Å². The average molecular weight is 418 g/mol. The number of nitrogens with zero attached hydrogens (tertiary/aromatic N) is 1. The first-order valence-corrected chi connectivity index (χ1v) is 9.63. The lowest BCUT2D eigenvalue weighted by molar-refractivity contribution is -0.112. The average Bonchev–Trinajstić information content (AvgIpc) is 2.71. The third kappa shape index (κ3) is 6.80. The first-order chi connectivity index (χ1) is 14.0. The SMILES string of the molecule is CCCOc1cc(/C=C(\C#N)C(=O)Nc2ccc(SC(F)F)cc2)ccc1OC. The predicted octanol–water partition coefficient (Wildman–Crippen LogP) is 5.34. The van der Waals surface area contributed by atoms with Gasteiger partial charge in [-0.1, -0.05) is 24.8 Å². The second kappa shape index (κ2) is 11.1. The van der Waals surface area contributed by atoms with E-state index in [9.17, 15) is 18.8 Å². The van der Waals surface area contributed by atoms with E-state index in [4.69, 9.17) is 9.47 Å². The van der Waals surface area contributed by atoms with E-state index in [1.165, 1.54) is 37.5 Å². The fraction of sp³-hybridized carbons (Fsp3) is 0.238. The zero-order valence-corrected chi connectivity index (χ0v) is 16.8. The monoisotopic (exact) mass is 418 g/mol. The summed E-state index contributed by atoms with van der Waals surface area (Å²) in [6.45, 7) is 2.49. The van der Waals surface area contributed by atoms with E-state index in [0.29, 0.717) is 46.0 Å². The summed E-state index contributed by atoms with van der Waals surface area (Å²) in [7, 11) is 1.53. The Morgan fingerprint density at radius 2 is 1.97 bits per heavy atom. The number of hydrogen-bond acceptors (Lipinski definition) is 5. The van der Waals surface area contributed by atoms with Crippen molar-refractivity contribution in [3.05, 3.63) is 53.6 Å². The first-order valence-electron chi connectivity index (χ1n) is 8.75. The molecule has 0 saturated heterocycles. The lowest BCUT2D eigenvalue weighted by Crippen LogP contribution is -2.13. The summed E-state index contributed by atoms with van der Waals surface area (Å²) in [5, 5.41) is 12.0. The van der Waals surface area contributed by atoms with Gasteiger partial charge in [0.1, 0.15) is 11.6 Å². The number of rotatable bonds is 9. The van der Waals surface area contributed by atoms with Crippen LogP contribution in [0.1, 0.15) is 18.9 Å². The van der Waals surface area contributed by atoms with E-state index in [0.717, 1.165) is 6.42 Å². The molecule has 1 amide bonds. The number of methoxy groups -OCH3 is 1. The minimum atomic E-state index is -2.51. The van der Waals surface area contributed by atoms with Gasteiger partial charge in [-0.3, -0.25) is 4.79 Å². The van der Waals surface area contributed by atoms with E-state index in [1.54, 1.807) is 18.2 Å². The highest BCUT2D eigenvalue weighted by atomic mass is 32.2. The van der Waals surface area contributed by atoms with Crippen molar-refractivity contribution in [3.8, 4) is 17.6 Å². The molecule has 0 aliphatic heterocycles.